The van der Waals surface area contributed by atoms with Gasteiger partial charge in [0.2, 0.25) is 0 Å². The molecule has 0 N–H and O–H groups in total. The Labute approximate surface area is 139 Å². The molecule has 2 fully saturated rings. The second-order valence-electron chi connectivity index (χ2n) is 6.62. The summed E-state index contributed by atoms with van der Waals surface area (Å²) in [6.45, 7) is 4.92. The molecule has 1 aromatic carbocycles. The van der Waals surface area contributed by atoms with Crippen molar-refractivity contribution in [3.63, 3.8) is 0 Å². The Hall–Kier alpha value is -1.11. The molecule has 3 rings (SSSR count). The third-order valence-corrected chi connectivity index (χ3v) is 5.29. The zero-order valence-corrected chi connectivity index (χ0v) is 14.6. The Balaban J connectivity index is 1.45. The Morgan fingerprint density at radius 2 is 1.83 bits per heavy atom. The van der Waals surface area contributed by atoms with E-state index in [9.17, 15) is 8.42 Å². The SMILES string of the molecule is CS(=O)(=O)OC1CCN(CCc2ccc(N3CCCC3)cc2)C1. The van der Waals surface area contributed by atoms with Crippen molar-refractivity contribution in [3.05, 3.63) is 29.8 Å². The summed E-state index contributed by atoms with van der Waals surface area (Å²) in [5.41, 5.74) is 2.66. The highest BCUT2D eigenvalue weighted by molar-refractivity contribution is 7.86. The maximum atomic E-state index is 11.2. The van der Waals surface area contributed by atoms with E-state index in [0.29, 0.717) is 6.54 Å². The van der Waals surface area contributed by atoms with Crippen LogP contribution in [0.3, 0.4) is 0 Å². The van der Waals surface area contributed by atoms with Gasteiger partial charge in [0, 0.05) is 38.4 Å². The number of nitrogens with zero attached hydrogens (tertiary/aromatic N) is 2. The molecule has 1 unspecified atom stereocenters. The number of hydrogen-bond donors (Lipinski definition) is 0. The van der Waals surface area contributed by atoms with E-state index in [2.05, 4.69) is 34.1 Å². The summed E-state index contributed by atoms with van der Waals surface area (Å²) in [4.78, 5) is 4.72. The number of rotatable bonds is 6. The first kappa shape index (κ1) is 16.7. The summed E-state index contributed by atoms with van der Waals surface area (Å²) < 4.78 is 27.4. The van der Waals surface area contributed by atoms with E-state index in [1.807, 2.05) is 0 Å². The van der Waals surface area contributed by atoms with Crippen LogP contribution < -0.4 is 4.90 Å². The lowest BCUT2D eigenvalue weighted by atomic mass is 10.1. The fourth-order valence-electron chi connectivity index (χ4n) is 3.46. The van der Waals surface area contributed by atoms with Crippen molar-refractivity contribution in [3.8, 4) is 0 Å². The monoisotopic (exact) mass is 338 g/mol. The van der Waals surface area contributed by atoms with Gasteiger partial charge in [-0.15, -0.1) is 0 Å². The van der Waals surface area contributed by atoms with Crippen molar-refractivity contribution in [2.45, 2.75) is 31.8 Å². The van der Waals surface area contributed by atoms with Gasteiger partial charge in [0.25, 0.3) is 10.1 Å². The first-order valence-corrected chi connectivity index (χ1v) is 10.3. The van der Waals surface area contributed by atoms with Gasteiger partial charge in [-0.3, -0.25) is 4.18 Å². The van der Waals surface area contributed by atoms with Crippen LogP contribution >= 0.6 is 0 Å². The van der Waals surface area contributed by atoms with Gasteiger partial charge in [0.1, 0.15) is 0 Å². The van der Waals surface area contributed by atoms with Crippen molar-refractivity contribution < 1.29 is 12.6 Å². The molecule has 0 amide bonds. The second kappa shape index (κ2) is 7.20. The van der Waals surface area contributed by atoms with Crippen LogP contribution in [0.1, 0.15) is 24.8 Å². The van der Waals surface area contributed by atoms with Crippen LogP contribution in [-0.2, 0) is 20.7 Å². The van der Waals surface area contributed by atoms with Crippen LogP contribution in [0.5, 0.6) is 0 Å². The van der Waals surface area contributed by atoms with Gasteiger partial charge in [-0.1, -0.05) is 12.1 Å². The third kappa shape index (κ3) is 4.93. The van der Waals surface area contributed by atoms with Crippen LogP contribution in [0.15, 0.2) is 24.3 Å². The van der Waals surface area contributed by atoms with E-state index in [0.717, 1.165) is 32.2 Å². The molecule has 128 valence electrons. The summed E-state index contributed by atoms with van der Waals surface area (Å²) >= 11 is 0. The lowest BCUT2D eigenvalue weighted by molar-refractivity contribution is 0.209. The highest BCUT2D eigenvalue weighted by atomic mass is 32.2. The van der Waals surface area contributed by atoms with Gasteiger partial charge < -0.3 is 9.80 Å². The molecule has 2 saturated heterocycles. The first-order chi connectivity index (χ1) is 11.0. The smallest absolute Gasteiger partial charge is 0.264 e. The van der Waals surface area contributed by atoms with E-state index >= 15 is 0 Å². The van der Waals surface area contributed by atoms with Gasteiger partial charge in [-0.2, -0.15) is 8.42 Å². The normalized spacial score (nSPS) is 22.8. The summed E-state index contributed by atoms with van der Waals surface area (Å²) in [5.74, 6) is 0. The topological polar surface area (TPSA) is 49.9 Å². The molecule has 2 aliphatic rings. The van der Waals surface area contributed by atoms with Crippen LogP contribution in [0.4, 0.5) is 5.69 Å². The predicted octanol–water partition coefficient (Wildman–Crippen LogP) is 1.88. The molecule has 6 heteroatoms. The maximum absolute atomic E-state index is 11.2. The van der Waals surface area contributed by atoms with E-state index in [4.69, 9.17) is 4.18 Å². The summed E-state index contributed by atoms with van der Waals surface area (Å²) in [6.07, 6.45) is 5.33. The van der Waals surface area contributed by atoms with Crippen molar-refractivity contribution in [2.24, 2.45) is 0 Å². The molecule has 0 radical (unpaired) electrons. The molecule has 1 atom stereocenters. The van der Waals surface area contributed by atoms with E-state index in [1.165, 1.54) is 37.2 Å². The van der Waals surface area contributed by atoms with E-state index < -0.39 is 10.1 Å². The number of likely N-dealkylation sites (tertiary alicyclic amines) is 1. The first-order valence-electron chi connectivity index (χ1n) is 8.44. The summed E-state index contributed by atoms with van der Waals surface area (Å²) in [7, 11) is -3.34. The molecule has 1 aromatic rings. The minimum Gasteiger partial charge on any atom is -0.372 e. The van der Waals surface area contributed by atoms with Crippen molar-refractivity contribution in [1.82, 2.24) is 4.90 Å². The van der Waals surface area contributed by atoms with Gasteiger partial charge in [-0.05, 0) is 43.4 Å². The van der Waals surface area contributed by atoms with Crippen LogP contribution in [0.2, 0.25) is 0 Å². The van der Waals surface area contributed by atoms with E-state index in [-0.39, 0.29) is 6.10 Å². The molecular formula is C17H26N2O3S. The molecule has 0 aliphatic carbocycles. The number of anilines is 1. The van der Waals surface area contributed by atoms with Crippen LogP contribution in [-0.4, -0.2) is 58.4 Å². The van der Waals surface area contributed by atoms with Crippen molar-refractivity contribution >= 4 is 15.8 Å². The average molecular weight is 338 g/mol. The Kier molecular flexibility index (Phi) is 5.24. The highest BCUT2D eigenvalue weighted by Crippen LogP contribution is 2.21. The standard InChI is InChI=1S/C17H26N2O3S/c1-23(20,21)22-17-9-13-18(14-17)12-8-15-4-6-16(7-5-15)19-10-2-3-11-19/h4-7,17H,2-3,8-14H2,1H3. The minimum absolute atomic E-state index is 0.178. The fraction of sp³-hybridized carbons (Fsp3) is 0.647. The zero-order chi connectivity index (χ0) is 16.3. The lowest BCUT2D eigenvalue weighted by Gasteiger charge is -2.18. The van der Waals surface area contributed by atoms with E-state index in [1.54, 1.807) is 0 Å². The number of hydrogen-bond acceptors (Lipinski definition) is 5. The largest absolute Gasteiger partial charge is 0.372 e. The molecule has 5 nitrogen and oxygen atoms in total. The third-order valence-electron chi connectivity index (χ3n) is 4.66. The lowest BCUT2D eigenvalue weighted by Crippen LogP contribution is -2.26. The van der Waals surface area contributed by atoms with Crippen LogP contribution in [0, 0.1) is 0 Å². The molecule has 23 heavy (non-hydrogen) atoms. The van der Waals surface area contributed by atoms with Gasteiger partial charge in [-0.25, -0.2) is 0 Å². The molecule has 2 aliphatic heterocycles. The molecule has 0 aromatic heterocycles. The molecular weight excluding hydrogens is 312 g/mol. The average Bonchev–Trinajstić information content (AvgIpc) is 3.15. The van der Waals surface area contributed by atoms with Gasteiger partial charge in [0.05, 0.1) is 12.4 Å². The summed E-state index contributed by atoms with van der Waals surface area (Å²) in [6, 6.07) is 8.88. The summed E-state index contributed by atoms with van der Waals surface area (Å²) in [5, 5.41) is 0. The van der Waals surface area contributed by atoms with Crippen LogP contribution in [0.25, 0.3) is 0 Å². The van der Waals surface area contributed by atoms with Crippen molar-refractivity contribution in [1.29, 1.82) is 0 Å². The fourth-order valence-corrected chi connectivity index (χ4v) is 4.11. The zero-order valence-electron chi connectivity index (χ0n) is 13.8. The van der Waals surface area contributed by atoms with Gasteiger partial charge >= 0.3 is 0 Å². The second-order valence-corrected chi connectivity index (χ2v) is 8.22. The molecule has 0 bridgehead atoms. The quantitative estimate of drug-likeness (QED) is 0.741. The highest BCUT2D eigenvalue weighted by Gasteiger charge is 2.25. The minimum atomic E-state index is -3.34. The molecule has 2 heterocycles. The maximum Gasteiger partial charge on any atom is 0.264 e. The van der Waals surface area contributed by atoms with Crippen molar-refractivity contribution in [2.75, 3.05) is 43.9 Å². The predicted molar refractivity (Wildman–Crippen MR) is 92.4 cm³/mol. The Morgan fingerprint density at radius 3 is 2.48 bits per heavy atom. The van der Waals surface area contributed by atoms with Gasteiger partial charge in [0.15, 0.2) is 0 Å². The molecule has 0 spiro atoms. The Bertz CT molecular complexity index is 609. The number of benzene rings is 1. The Morgan fingerprint density at radius 1 is 1.13 bits per heavy atom. The molecule has 0 saturated carbocycles.